The highest BCUT2D eigenvalue weighted by atomic mass is 16.1. The molecule has 0 saturated heterocycles. The standard InChI is InChI=1S/C30H59N3O/c1-5-7-9-11-13-15-17-19-21-23-30(34)32-28(4)27(3)29(33-25-24-31-26-33)22-20-18-16-14-12-10-8-6-2/h26-29H,5-25H2,1-4H3,(H,32,34)/p+1. The predicted octanol–water partition coefficient (Wildman–Crippen LogP) is 7.59. The lowest BCUT2D eigenvalue weighted by Gasteiger charge is -2.29. The minimum absolute atomic E-state index is 0.221. The van der Waals surface area contributed by atoms with E-state index in [2.05, 4.69) is 49.2 Å². The largest absolute Gasteiger partial charge is 0.353 e. The lowest BCUT2D eigenvalue weighted by molar-refractivity contribution is -0.563. The zero-order valence-electron chi connectivity index (χ0n) is 23.5. The normalized spacial score (nSPS) is 16.1. The maximum atomic E-state index is 12.6. The molecule has 3 unspecified atom stereocenters. The average molecular weight is 479 g/mol. The van der Waals surface area contributed by atoms with Crippen LogP contribution in [-0.2, 0) is 4.79 Å². The lowest BCUT2D eigenvalue weighted by atomic mass is 9.89. The third-order valence-electron chi connectivity index (χ3n) is 7.84. The van der Waals surface area contributed by atoms with Crippen molar-refractivity contribution in [3.63, 3.8) is 0 Å². The SMILES string of the molecule is CCCCCCCCCCCC(=O)NC(C)C(C)C(CCCCCCCCCC)[N+]1=CNCC1. The van der Waals surface area contributed by atoms with Gasteiger partial charge in [-0.05, 0) is 26.2 Å². The molecule has 200 valence electrons. The summed E-state index contributed by atoms with van der Waals surface area (Å²) in [5, 5.41) is 6.73. The van der Waals surface area contributed by atoms with E-state index < -0.39 is 0 Å². The van der Waals surface area contributed by atoms with Crippen LogP contribution in [0.3, 0.4) is 0 Å². The molecular weight excluding hydrogens is 418 g/mol. The van der Waals surface area contributed by atoms with Gasteiger partial charge in [-0.25, -0.2) is 0 Å². The van der Waals surface area contributed by atoms with Gasteiger partial charge >= 0.3 is 0 Å². The second-order valence-corrected chi connectivity index (χ2v) is 10.9. The number of amides is 1. The van der Waals surface area contributed by atoms with Gasteiger partial charge in [-0.3, -0.25) is 14.7 Å². The summed E-state index contributed by atoms with van der Waals surface area (Å²) < 4.78 is 2.50. The molecule has 1 heterocycles. The first-order chi connectivity index (χ1) is 16.6. The van der Waals surface area contributed by atoms with E-state index >= 15 is 0 Å². The second kappa shape index (κ2) is 21.2. The Balaban J connectivity index is 2.26. The van der Waals surface area contributed by atoms with Crippen molar-refractivity contribution in [1.29, 1.82) is 0 Å². The average Bonchev–Trinajstić information content (AvgIpc) is 3.36. The Morgan fingerprint density at radius 3 is 1.79 bits per heavy atom. The van der Waals surface area contributed by atoms with Crippen LogP contribution in [0.15, 0.2) is 0 Å². The van der Waals surface area contributed by atoms with E-state index in [1.54, 1.807) is 0 Å². The Morgan fingerprint density at radius 2 is 1.29 bits per heavy atom. The topological polar surface area (TPSA) is 44.1 Å². The molecule has 0 aromatic rings. The van der Waals surface area contributed by atoms with Gasteiger partial charge in [0.1, 0.15) is 19.1 Å². The molecule has 3 atom stereocenters. The summed E-state index contributed by atoms with van der Waals surface area (Å²) in [7, 11) is 0. The van der Waals surface area contributed by atoms with E-state index in [0.29, 0.717) is 18.4 Å². The van der Waals surface area contributed by atoms with Crippen molar-refractivity contribution in [2.24, 2.45) is 5.92 Å². The van der Waals surface area contributed by atoms with Crippen LogP contribution >= 0.6 is 0 Å². The summed E-state index contributed by atoms with van der Waals surface area (Å²) in [5.41, 5.74) is 0. The predicted molar refractivity (Wildman–Crippen MR) is 149 cm³/mol. The van der Waals surface area contributed by atoms with E-state index in [1.165, 1.54) is 109 Å². The zero-order valence-corrected chi connectivity index (χ0v) is 23.5. The van der Waals surface area contributed by atoms with Crippen LogP contribution in [-0.4, -0.2) is 42.0 Å². The molecule has 1 amide bonds. The molecule has 0 radical (unpaired) electrons. The highest BCUT2D eigenvalue weighted by molar-refractivity contribution is 5.76. The summed E-state index contributed by atoms with van der Waals surface area (Å²) in [6.45, 7) is 11.2. The number of nitrogens with zero attached hydrogens (tertiary/aromatic N) is 1. The van der Waals surface area contributed by atoms with Crippen LogP contribution in [0.4, 0.5) is 0 Å². The Morgan fingerprint density at radius 1 is 0.794 bits per heavy atom. The van der Waals surface area contributed by atoms with Crippen molar-refractivity contribution in [1.82, 2.24) is 10.6 Å². The summed E-state index contributed by atoms with van der Waals surface area (Å²) >= 11 is 0. The Hall–Kier alpha value is -1.06. The van der Waals surface area contributed by atoms with Crippen molar-refractivity contribution in [3.8, 4) is 0 Å². The van der Waals surface area contributed by atoms with Gasteiger partial charge in [-0.15, -0.1) is 0 Å². The molecule has 0 aromatic heterocycles. The Kier molecular flexibility index (Phi) is 19.3. The lowest BCUT2D eigenvalue weighted by Crippen LogP contribution is -2.45. The fraction of sp³-hybridized carbons (Fsp3) is 0.933. The van der Waals surface area contributed by atoms with Crippen LogP contribution in [0.2, 0.25) is 0 Å². The van der Waals surface area contributed by atoms with E-state index in [0.717, 1.165) is 19.5 Å². The van der Waals surface area contributed by atoms with Crippen LogP contribution in [0.1, 0.15) is 150 Å². The number of nitrogens with one attached hydrogen (secondary N) is 2. The second-order valence-electron chi connectivity index (χ2n) is 10.9. The van der Waals surface area contributed by atoms with Gasteiger partial charge in [0.2, 0.25) is 12.2 Å². The van der Waals surface area contributed by atoms with Gasteiger partial charge < -0.3 is 5.32 Å². The first-order valence-electron chi connectivity index (χ1n) is 15.2. The number of hydrogen-bond acceptors (Lipinski definition) is 2. The maximum absolute atomic E-state index is 12.6. The number of hydrogen-bond donors (Lipinski definition) is 2. The molecule has 34 heavy (non-hydrogen) atoms. The molecule has 2 N–H and O–H groups in total. The van der Waals surface area contributed by atoms with Crippen LogP contribution in [0.5, 0.6) is 0 Å². The van der Waals surface area contributed by atoms with Gasteiger partial charge in [0, 0.05) is 18.4 Å². The van der Waals surface area contributed by atoms with Gasteiger partial charge in [0.25, 0.3) is 0 Å². The molecule has 4 heteroatoms. The van der Waals surface area contributed by atoms with Gasteiger partial charge in [-0.2, -0.15) is 0 Å². The summed E-state index contributed by atoms with van der Waals surface area (Å²) in [4.78, 5) is 12.6. The zero-order chi connectivity index (χ0) is 24.9. The number of unbranched alkanes of at least 4 members (excludes halogenated alkanes) is 15. The third-order valence-corrected chi connectivity index (χ3v) is 7.84. The molecule has 0 aromatic carbocycles. The highest BCUT2D eigenvalue weighted by Crippen LogP contribution is 2.20. The van der Waals surface area contributed by atoms with Crippen LogP contribution < -0.4 is 10.6 Å². The quantitative estimate of drug-likeness (QED) is 0.117. The van der Waals surface area contributed by atoms with Gasteiger partial charge in [0.15, 0.2) is 0 Å². The Labute approximate surface area is 213 Å². The minimum Gasteiger partial charge on any atom is -0.353 e. The van der Waals surface area contributed by atoms with E-state index in [1.807, 2.05) is 0 Å². The monoisotopic (exact) mass is 478 g/mol. The smallest absolute Gasteiger partial charge is 0.232 e. The van der Waals surface area contributed by atoms with Crippen molar-refractivity contribution in [3.05, 3.63) is 0 Å². The van der Waals surface area contributed by atoms with Gasteiger partial charge in [0.05, 0.1) is 0 Å². The first kappa shape index (κ1) is 31.0. The van der Waals surface area contributed by atoms with Crippen LogP contribution in [0.25, 0.3) is 0 Å². The molecule has 0 saturated carbocycles. The molecule has 0 fully saturated rings. The number of carbonyl (C=O) groups excluding carboxylic acids is 1. The van der Waals surface area contributed by atoms with E-state index in [-0.39, 0.29) is 11.9 Å². The molecule has 0 aliphatic carbocycles. The molecule has 1 aliphatic rings. The number of rotatable bonds is 23. The maximum Gasteiger partial charge on any atom is 0.232 e. The summed E-state index contributed by atoms with van der Waals surface area (Å²) in [6.07, 6.45) is 26.7. The van der Waals surface area contributed by atoms with E-state index in [9.17, 15) is 4.79 Å². The molecule has 1 rings (SSSR count). The van der Waals surface area contributed by atoms with Crippen molar-refractivity contribution >= 4 is 12.2 Å². The fourth-order valence-electron chi connectivity index (χ4n) is 5.31. The van der Waals surface area contributed by atoms with Gasteiger partial charge in [-0.1, -0.05) is 117 Å². The van der Waals surface area contributed by atoms with Crippen molar-refractivity contribution < 1.29 is 9.37 Å². The summed E-state index contributed by atoms with van der Waals surface area (Å²) in [6, 6.07) is 0.734. The van der Waals surface area contributed by atoms with Crippen LogP contribution in [0, 0.1) is 5.92 Å². The number of carbonyl (C=O) groups is 1. The third kappa shape index (κ3) is 15.0. The van der Waals surface area contributed by atoms with Crippen molar-refractivity contribution in [2.45, 2.75) is 162 Å². The highest BCUT2D eigenvalue weighted by Gasteiger charge is 2.30. The molecular formula is C30H60N3O+. The molecule has 0 bridgehead atoms. The minimum atomic E-state index is 0.221. The molecule has 0 spiro atoms. The molecule has 4 nitrogen and oxygen atoms in total. The Bertz CT molecular complexity index is 519. The van der Waals surface area contributed by atoms with Crippen molar-refractivity contribution in [2.75, 3.05) is 13.1 Å². The fourth-order valence-corrected chi connectivity index (χ4v) is 5.31. The van der Waals surface area contributed by atoms with E-state index in [4.69, 9.17) is 0 Å². The summed E-state index contributed by atoms with van der Waals surface area (Å²) in [5.74, 6) is 0.699. The molecule has 1 aliphatic heterocycles. The first-order valence-corrected chi connectivity index (χ1v) is 15.2.